The fraction of sp³-hybridized carbons (Fsp3) is 0.375. The summed E-state index contributed by atoms with van der Waals surface area (Å²) in [5, 5.41) is 9.09. The molecule has 1 saturated heterocycles. The van der Waals surface area contributed by atoms with Gasteiger partial charge in [0.25, 0.3) is 0 Å². The quantitative estimate of drug-likeness (QED) is 0.844. The summed E-state index contributed by atoms with van der Waals surface area (Å²) in [5.41, 5.74) is 0.804. The van der Waals surface area contributed by atoms with Crippen LogP contribution in [0.1, 0.15) is 25.3 Å². The number of hydrogen-bond donors (Lipinski definition) is 1. The van der Waals surface area contributed by atoms with Gasteiger partial charge in [-0.1, -0.05) is 18.2 Å². The van der Waals surface area contributed by atoms with E-state index in [1.54, 1.807) is 6.08 Å². The lowest BCUT2D eigenvalue weighted by atomic mass is 10.2. The average Bonchev–Trinajstić information content (AvgIpc) is 2.96. The summed E-state index contributed by atoms with van der Waals surface area (Å²) in [6.45, 7) is 2.94. The van der Waals surface area contributed by atoms with E-state index in [-0.39, 0.29) is 5.91 Å². The molecule has 112 valence electrons. The highest BCUT2D eigenvalue weighted by Crippen LogP contribution is 2.21. The van der Waals surface area contributed by atoms with Crippen molar-refractivity contribution in [2.75, 3.05) is 13.2 Å². The number of hydrogen-bond acceptors (Lipinski definition) is 3. The highest BCUT2D eigenvalue weighted by Gasteiger charge is 2.32. The fourth-order valence-corrected chi connectivity index (χ4v) is 2.45. The number of carboxylic acids is 1. The van der Waals surface area contributed by atoms with Crippen molar-refractivity contribution in [1.82, 2.24) is 4.90 Å². The van der Waals surface area contributed by atoms with E-state index in [0.29, 0.717) is 25.3 Å². The van der Waals surface area contributed by atoms with Crippen LogP contribution in [0.25, 0.3) is 6.08 Å². The van der Waals surface area contributed by atoms with Crippen LogP contribution in [0.3, 0.4) is 0 Å². The number of nitrogens with zero attached hydrogens (tertiary/aromatic N) is 1. The summed E-state index contributed by atoms with van der Waals surface area (Å²) in [7, 11) is 0. The molecule has 1 aromatic carbocycles. The predicted molar refractivity (Wildman–Crippen MR) is 79.0 cm³/mol. The van der Waals surface area contributed by atoms with E-state index in [1.807, 2.05) is 31.2 Å². The van der Waals surface area contributed by atoms with Gasteiger partial charge in [0.15, 0.2) is 0 Å². The number of carbonyl (C=O) groups excluding carboxylic acids is 1. The maximum absolute atomic E-state index is 12.1. The van der Waals surface area contributed by atoms with Gasteiger partial charge in [0.1, 0.15) is 11.8 Å². The lowest BCUT2D eigenvalue weighted by Crippen LogP contribution is -2.39. The summed E-state index contributed by atoms with van der Waals surface area (Å²) < 4.78 is 5.48. The summed E-state index contributed by atoms with van der Waals surface area (Å²) in [6.07, 6.45) is 4.33. The van der Waals surface area contributed by atoms with Gasteiger partial charge < -0.3 is 14.7 Å². The lowest BCUT2D eigenvalue weighted by molar-refractivity contribution is -0.146. The number of amides is 1. The van der Waals surface area contributed by atoms with Crippen LogP contribution in [0.2, 0.25) is 0 Å². The molecule has 0 aliphatic carbocycles. The minimum absolute atomic E-state index is 0.272. The molecule has 2 rings (SSSR count). The van der Waals surface area contributed by atoms with Crippen molar-refractivity contribution < 1.29 is 19.4 Å². The van der Waals surface area contributed by atoms with E-state index >= 15 is 0 Å². The summed E-state index contributed by atoms with van der Waals surface area (Å²) in [6, 6.07) is 6.72. The molecular formula is C16H19NO4. The first-order chi connectivity index (χ1) is 10.1. The van der Waals surface area contributed by atoms with Gasteiger partial charge in [-0.15, -0.1) is 0 Å². The van der Waals surface area contributed by atoms with Crippen molar-refractivity contribution in [2.45, 2.75) is 25.8 Å². The van der Waals surface area contributed by atoms with Crippen molar-refractivity contribution in [3.8, 4) is 5.75 Å². The summed E-state index contributed by atoms with van der Waals surface area (Å²) in [4.78, 5) is 24.6. The summed E-state index contributed by atoms with van der Waals surface area (Å²) >= 11 is 0. The Bertz CT molecular complexity index is 553. The maximum Gasteiger partial charge on any atom is 0.326 e. The highest BCUT2D eigenvalue weighted by atomic mass is 16.5. The van der Waals surface area contributed by atoms with Crippen LogP contribution in [0.15, 0.2) is 30.3 Å². The van der Waals surface area contributed by atoms with Crippen molar-refractivity contribution in [1.29, 1.82) is 0 Å². The van der Waals surface area contributed by atoms with Crippen molar-refractivity contribution in [3.05, 3.63) is 35.9 Å². The molecule has 1 aliphatic rings. The third kappa shape index (κ3) is 3.62. The molecule has 5 nitrogen and oxygen atoms in total. The molecule has 0 saturated carbocycles. The molecule has 1 atom stereocenters. The molecule has 0 bridgehead atoms. The van der Waals surface area contributed by atoms with Gasteiger partial charge in [-0.05, 0) is 31.9 Å². The SMILES string of the molecule is CCOc1ccccc1/C=C/C(=O)N1CCCC1C(=O)O. The number of para-hydroxylation sites is 1. The number of rotatable bonds is 5. The van der Waals surface area contributed by atoms with Gasteiger partial charge in [-0.2, -0.15) is 0 Å². The normalized spacial score (nSPS) is 18.1. The van der Waals surface area contributed by atoms with Crippen molar-refractivity contribution in [3.63, 3.8) is 0 Å². The Hall–Kier alpha value is -2.30. The molecule has 0 aromatic heterocycles. The van der Waals surface area contributed by atoms with Crippen LogP contribution in [0, 0.1) is 0 Å². The molecular weight excluding hydrogens is 270 g/mol. The van der Waals surface area contributed by atoms with Gasteiger partial charge in [-0.25, -0.2) is 4.79 Å². The second kappa shape index (κ2) is 6.92. The minimum atomic E-state index is -0.941. The number of benzene rings is 1. The second-order valence-electron chi connectivity index (χ2n) is 4.83. The zero-order valence-corrected chi connectivity index (χ0v) is 12.0. The van der Waals surface area contributed by atoms with E-state index in [0.717, 1.165) is 12.0 Å². The molecule has 1 heterocycles. The van der Waals surface area contributed by atoms with Crippen LogP contribution in [-0.2, 0) is 9.59 Å². The van der Waals surface area contributed by atoms with Crippen LogP contribution in [0.4, 0.5) is 0 Å². The molecule has 1 aliphatic heterocycles. The molecule has 1 N–H and O–H groups in total. The number of carboxylic acid groups (broad SMARTS) is 1. The Balaban J connectivity index is 2.10. The zero-order chi connectivity index (χ0) is 15.2. The van der Waals surface area contributed by atoms with Gasteiger partial charge in [-0.3, -0.25) is 4.79 Å². The highest BCUT2D eigenvalue weighted by molar-refractivity contribution is 5.95. The van der Waals surface area contributed by atoms with E-state index in [1.165, 1.54) is 11.0 Å². The first-order valence-corrected chi connectivity index (χ1v) is 7.06. The van der Waals surface area contributed by atoms with E-state index in [4.69, 9.17) is 9.84 Å². The number of ether oxygens (including phenoxy) is 1. The van der Waals surface area contributed by atoms with Gasteiger partial charge in [0, 0.05) is 18.2 Å². The number of carbonyl (C=O) groups is 2. The molecule has 1 aromatic rings. The molecule has 1 amide bonds. The molecule has 0 radical (unpaired) electrons. The summed E-state index contributed by atoms with van der Waals surface area (Å²) in [5.74, 6) is -0.504. The van der Waals surface area contributed by atoms with E-state index in [9.17, 15) is 9.59 Å². The predicted octanol–water partition coefficient (Wildman–Crippen LogP) is 2.17. The maximum atomic E-state index is 12.1. The van der Waals surface area contributed by atoms with Crippen molar-refractivity contribution in [2.24, 2.45) is 0 Å². The van der Waals surface area contributed by atoms with Crippen molar-refractivity contribution >= 4 is 18.0 Å². The first-order valence-electron chi connectivity index (χ1n) is 7.06. The Morgan fingerprint density at radius 2 is 2.19 bits per heavy atom. The molecule has 21 heavy (non-hydrogen) atoms. The van der Waals surface area contributed by atoms with Crippen LogP contribution in [0.5, 0.6) is 5.75 Å². The largest absolute Gasteiger partial charge is 0.493 e. The standard InChI is InChI=1S/C16H19NO4/c1-2-21-14-8-4-3-6-12(14)9-10-15(18)17-11-5-7-13(17)16(19)20/h3-4,6,8-10,13H,2,5,7,11H2,1H3,(H,19,20)/b10-9+. The molecule has 1 fully saturated rings. The average molecular weight is 289 g/mol. The Morgan fingerprint density at radius 1 is 1.43 bits per heavy atom. The monoisotopic (exact) mass is 289 g/mol. The molecule has 5 heteroatoms. The minimum Gasteiger partial charge on any atom is -0.493 e. The zero-order valence-electron chi connectivity index (χ0n) is 12.0. The smallest absolute Gasteiger partial charge is 0.326 e. The first kappa shape index (κ1) is 15.1. The topological polar surface area (TPSA) is 66.8 Å². The number of aliphatic carboxylic acids is 1. The van der Waals surface area contributed by atoms with Gasteiger partial charge >= 0.3 is 5.97 Å². The van der Waals surface area contributed by atoms with Gasteiger partial charge in [0.2, 0.25) is 5.91 Å². The van der Waals surface area contributed by atoms with E-state index in [2.05, 4.69) is 0 Å². The Morgan fingerprint density at radius 3 is 2.90 bits per heavy atom. The third-order valence-electron chi connectivity index (χ3n) is 3.45. The van der Waals surface area contributed by atoms with Crippen LogP contribution >= 0.6 is 0 Å². The Kier molecular flexibility index (Phi) is 4.98. The van der Waals surface area contributed by atoms with E-state index < -0.39 is 12.0 Å². The van der Waals surface area contributed by atoms with Gasteiger partial charge in [0.05, 0.1) is 6.61 Å². The third-order valence-corrected chi connectivity index (χ3v) is 3.45. The van der Waals surface area contributed by atoms with Crippen LogP contribution in [-0.4, -0.2) is 41.1 Å². The molecule has 0 spiro atoms. The lowest BCUT2D eigenvalue weighted by Gasteiger charge is -2.19. The molecule has 1 unspecified atom stereocenters. The Labute approximate surface area is 123 Å². The number of likely N-dealkylation sites (tertiary alicyclic amines) is 1. The van der Waals surface area contributed by atoms with Crippen LogP contribution < -0.4 is 4.74 Å². The fourth-order valence-electron chi connectivity index (χ4n) is 2.45. The second-order valence-corrected chi connectivity index (χ2v) is 4.83.